The molecule has 0 radical (unpaired) electrons. The molecular formula is C29H37N5O5. The van der Waals surface area contributed by atoms with Gasteiger partial charge < -0.3 is 34.5 Å². The van der Waals surface area contributed by atoms with E-state index in [1.54, 1.807) is 39.7 Å². The van der Waals surface area contributed by atoms with Gasteiger partial charge >= 0.3 is 0 Å². The van der Waals surface area contributed by atoms with Crippen molar-refractivity contribution < 1.29 is 23.7 Å². The number of rotatable bonds is 11. The molecule has 10 nitrogen and oxygen atoms in total. The van der Waals surface area contributed by atoms with Crippen LogP contribution in [0.5, 0.6) is 23.0 Å². The van der Waals surface area contributed by atoms with Crippen LogP contribution in [0.15, 0.2) is 48.7 Å². The third-order valence-electron chi connectivity index (χ3n) is 6.44. The van der Waals surface area contributed by atoms with Gasteiger partial charge in [-0.25, -0.2) is 4.98 Å². The van der Waals surface area contributed by atoms with Crippen molar-refractivity contribution in [1.29, 1.82) is 0 Å². The molecule has 2 aromatic carbocycles. The zero-order valence-electron chi connectivity index (χ0n) is 23.2. The molecule has 0 aliphatic carbocycles. The third-order valence-corrected chi connectivity index (χ3v) is 6.44. The smallest absolute Gasteiger partial charge is 0.229 e. The number of hydrogen-bond donors (Lipinski definition) is 2. The van der Waals surface area contributed by atoms with E-state index in [9.17, 15) is 4.79 Å². The largest absolute Gasteiger partial charge is 0.493 e. The van der Waals surface area contributed by atoms with Gasteiger partial charge in [-0.15, -0.1) is 0 Å². The fourth-order valence-corrected chi connectivity index (χ4v) is 4.56. The number of amides is 1. The zero-order valence-corrected chi connectivity index (χ0v) is 23.2. The van der Waals surface area contributed by atoms with Crippen molar-refractivity contribution in [3.63, 3.8) is 0 Å². The van der Waals surface area contributed by atoms with Gasteiger partial charge in [0.2, 0.25) is 17.6 Å². The Balaban J connectivity index is 1.38. The average molecular weight is 536 g/mol. The van der Waals surface area contributed by atoms with Gasteiger partial charge in [0.25, 0.3) is 0 Å². The Morgan fingerprint density at radius 3 is 2.41 bits per heavy atom. The Kier molecular flexibility index (Phi) is 9.30. The summed E-state index contributed by atoms with van der Waals surface area (Å²) in [6, 6.07) is 13.3. The van der Waals surface area contributed by atoms with Gasteiger partial charge in [-0.2, -0.15) is 4.98 Å². The van der Waals surface area contributed by atoms with Crippen molar-refractivity contribution in [2.75, 3.05) is 44.6 Å². The van der Waals surface area contributed by atoms with Gasteiger partial charge in [0.1, 0.15) is 11.6 Å². The highest BCUT2D eigenvalue weighted by Gasteiger charge is 2.26. The Labute approximate surface area is 229 Å². The lowest BCUT2D eigenvalue weighted by Gasteiger charge is -2.33. The first-order valence-corrected chi connectivity index (χ1v) is 13.1. The van der Waals surface area contributed by atoms with E-state index in [0.29, 0.717) is 42.0 Å². The number of nitrogens with one attached hydrogen (secondary N) is 2. The van der Waals surface area contributed by atoms with Crippen LogP contribution in [0, 0.1) is 5.92 Å². The molecule has 2 N–H and O–H groups in total. The predicted octanol–water partition coefficient (Wildman–Crippen LogP) is 4.57. The molecule has 1 fully saturated rings. The van der Waals surface area contributed by atoms with Crippen LogP contribution in [0.3, 0.4) is 0 Å². The van der Waals surface area contributed by atoms with E-state index < -0.39 is 0 Å². The molecule has 1 aliphatic heterocycles. The zero-order chi connectivity index (χ0) is 27.8. The number of aromatic nitrogens is 2. The molecule has 1 amide bonds. The molecular weight excluding hydrogens is 498 g/mol. The Bertz CT molecular complexity index is 1230. The minimum Gasteiger partial charge on any atom is -0.493 e. The summed E-state index contributed by atoms with van der Waals surface area (Å²) in [7, 11) is 4.70. The lowest BCUT2D eigenvalue weighted by atomic mass is 9.97. The maximum atomic E-state index is 13.0. The highest BCUT2D eigenvalue weighted by Crippen LogP contribution is 2.40. The molecule has 4 rings (SSSR count). The van der Waals surface area contributed by atoms with Crippen molar-refractivity contribution >= 4 is 23.4 Å². The standard InChI is InChI=1S/C29H37N5O5/c1-19(2)39-23-10-8-20(9-11-23)17-31-28(35)21-7-6-14-34(18-21)26-12-13-30-29(33-26)32-22-15-24(36-3)27(38-5)25(16-22)37-4/h8-13,15-16,19,21H,6-7,14,17-18H2,1-5H3,(H,31,35)(H,30,32,33)/t21-/m0/s1. The maximum absolute atomic E-state index is 13.0. The lowest BCUT2D eigenvalue weighted by molar-refractivity contribution is -0.125. The first-order valence-electron chi connectivity index (χ1n) is 13.1. The molecule has 2 heterocycles. The Morgan fingerprint density at radius 2 is 1.77 bits per heavy atom. The minimum atomic E-state index is -0.121. The van der Waals surface area contributed by atoms with Gasteiger partial charge in [0.15, 0.2) is 11.5 Å². The third kappa shape index (κ3) is 7.22. The van der Waals surface area contributed by atoms with Crippen molar-refractivity contribution in [2.45, 2.75) is 39.3 Å². The fourth-order valence-electron chi connectivity index (χ4n) is 4.56. The lowest BCUT2D eigenvalue weighted by Crippen LogP contribution is -2.43. The molecule has 0 saturated carbocycles. The number of ether oxygens (including phenoxy) is 4. The maximum Gasteiger partial charge on any atom is 0.229 e. The van der Waals surface area contributed by atoms with Crippen molar-refractivity contribution in [3.8, 4) is 23.0 Å². The molecule has 1 aromatic heterocycles. The van der Waals surface area contributed by atoms with Gasteiger partial charge in [0.05, 0.1) is 33.4 Å². The number of benzene rings is 2. The number of carbonyl (C=O) groups is 1. The fraction of sp³-hybridized carbons (Fsp3) is 0.414. The Morgan fingerprint density at radius 1 is 1.05 bits per heavy atom. The van der Waals surface area contributed by atoms with Crippen molar-refractivity contribution in [3.05, 3.63) is 54.2 Å². The van der Waals surface area contributed by atoms with E-state index in [4.69, 9.17) is 23.9 Å². The van der Waals surface area contributed by atoms with Crippen LogP contribution in [0.1, 0.15) is 32.3 Å². The topological polar surface area (TPSA) is 107 Å². The van der Waals surface area contributed by atoms with E-state index in [1.165, 1.54) is 0 Å². The summed E-state index contributed by atoms with van der Waals surface area (Å²) in [4.78, 5) is 24.2. The second-order valence-corrected chi connectivity index (χ2v) is 9.59. The van der Waals surface area contributed by atoms with Crippen molar-refractivity contribution in [1.82, 2.24) is 15.3 Å². The van der Waals surface area contributed by atoms with Crippen LogP contribution in [0.25, 0.3) is 0 Å². The molecule has 1 atom stereocenters. The van der Waals surface area contributed by atoms with E-state index in [2.05, 4.69) is 20.5 Å². The predicted molar refractivity (Wildman–Crippen MR) is 150 cm³/mol. The van der Waals surface area contributed by atoms with Crippen LogP contribution >= 0.6 is 0 Å². The SMILES string of the molecule is COc1cc(Nc2nccc(N3CCC[C@H](C(=O)NCc4ccc(OC(C)C)cc4)C3)n2)cc(OC)c1OC. The number of carbonyl (C=O) groups excluding carboxylic acids is 1. The minimum absolute atomic E-state index is 0.0482. The van der Waals surface area contributed by atoms with Crippen LogP contribution < -0.4 is 34.5 Å². The normalized spacial score (nSPS) is 15.0. The molecule has 39 heavy (non-hydrogen) atoms. The monoisotopic (exact) mass is 535 g/mol. The molecule has 0 bridgehead atoms. The van der Waals surface area contributed by atoms with E-state index in [-0.39, 0.29) is 17.9 Å². The van der Waals surface area contributed by atoms with E-state index in [1.807, 2.05) is 44.2 Å². The van der Waals surface area contributed by atoms with Gasteiger partial charge in [-0.3, -0.25) is 4.79 Å². The first-order chi connectivity index (χ1) is 18.9. The number of piperidine rings is 1. The molecule has 0 unspecified atom stereocenters. The summed E-state index contributed by atoms with van der Waals surface area (Å²) >= 11 is 0. The summed E-state index contributed by atoms with van der Waals surface area (Å²) in [5.74, 6) is 3.51. The summed E-state index contributed by atoms with van der Waals surface area (Å²) in [5.41, 5.74) is 1.73. The van der Waals surface area contributed by atoms with Crippen LogP contribution in [0.2, 0.25) is 0 Å². The van der Waals surface area contributed by atoms with Crippen LogP contribution in [-0.2, 0) is 11.3 Å². The van der Waals surface area contributed by atoms with Crippen LogP contribution in [0.4, 0.5) is 17.5 Å². The molecule has 1 aliphatic rings. The quantitative estimate of drug-likeness (QED) is 0.365. The number of methoxy groups -OCH3 is 3. The van der Waals surface area contributed by atoms with Crippen molar-refractivity contribution in [2.24, 2.45) is 5.92 Å². The number of nitrogens with zero attached hydrogens (tertiary/aromatic N) is 3. The van der Waals surface area contributed by atoms with Gasteiger partial charge in [0, 0.05) is 43.7 Å². The molecule has 1 saturated heterocycles. The summed E-state index contributed by atoms with van der Waals surface area (Å²) in [5, 5.41) is 6.31. The summed E-state index contributed by atoms with van der Waals surface area (Å²) in [6.45, 7) is 5.88. The molecule has 10 heteroatoms. The summed E-state index contributed by atoms with van der Waals surface area (Å²) in [6.07, 6.45) is 3.57. The number of hydrogen-bond acceptors (Lipinski definition) is 9. The highest BCUT2D eigenvalue weighted by molar-refractivity contribution is 5.79. The summed E-state index contributed by atoms with van der Waals surface area (Å²) < 4.78 is 22.0. The highest BCUT2D eigenvalue weighted by atomic mass is 16.5. The van der Waals surface area contributed by atoms with E-state index >= 15 is 0 Å². The van der Waals surface area contributed by atoms with Crippen LogP contribution in [-0.4, -0.2) is 56.4 Å². The number of anilines is 3. The second kappa shape index (κ2) is 13.0. The van der Waals surface area contributed by atoms with E-state index in [0.717, 1.165) is 36.5 Å². The first kappa shape index (κ1) is 27.8. The van der Waals surface area contributed by atoms with Gasteiger partial charge in [-0.05, 0) is 50.5 Å². The van der Waals surface area contributed by atoms with Gasteiger partial charge in [-0.1, -0.05) is 12.1 Å². The molecule has 208 valence electrons. The second-order valence-electron chi connectivity index (χ2n) is 9.59. The average Bonchev–Trinajstić information content (AvgIpc) is 2.96. The molecule has 0 spiro atoms. The Hall–Kier alpha value is -4.21. The molecule has 3 aromatic rings.